The molecule has 16 heavy (non-hydrogen) atoms. The highest BCUT2D eigenvalue weighted by atomic mass is 16.5. The number of rotatable bonds is 4. The highest BCUT2D eigenvalue weighted by molar-refractivity contribution is 5.79. The first-order valence-corrected chi connectivity index (χ1v) is 6.32. The van der Waals surface area contributed by atoms with Gasteiger partial charge < -0.3 is 14.7 Å². The minimum atomic E-state index is 0.0286. The van der Waals surface area contributed by atoms with Gasteiger partial charge in [0.1, 0.15) is 0 Å². The molecule has 1 saturated heterocycles. The molecule has 1 aliphatic carbocycles. The van der Waals surface area contributed by atoms with E-state index in [1.165, 1.54) is 6.42 Å². The summed E-state index contributed by atoms with van der Waals surface area (Å²) in [7, 11) is 0. The first-order chi connectivity index (χ1) is 7.83. The Labute approximate surface area is 96.6 Å². The van der Waals surface area contributed by atoms with E-state index in [1.54, 1.807) is 0 Å². The van der Waals surface area contributed by atoms with E-state index in [1.807, 2.05) is 4.90 Å². The Balaban J connectivity index is 1.92. The van der Waals surface area contributed by atoms with Crippen LogP contribution < -0.4 is 0 Å². The van der Waals surface area contributed by atoms with Crippen LogP contribution in [0.4, 0.5) is 0 Å². The second-order valence-electron chi connectivity index (χ2n) is 4.75. The Bertz CT molecular complexity index is 234. The Morgan fingerprint density at radius 3 is 2.62 bits per heavy atom. The summed E-state index contributed by atoms with van der Waals surface area (Å²) in [5.74, 6) is 0.222. The molecule has 1 aliphatic heterocycles. The number of amides is 1. The van der Waals surface area contributed by atoms with Crippen LogP contribution >= 0.6 is 0 Å². The maximum absolute atomic E-state index is 12.3. The van der Waals surface area contributed by atoms with Crippen molar-refractivity contribution in [1.29, 1.82) is 0 Å². The van der Waals surface area contributed by atoms with E-state index in [2.05, 4.69) is 0 Å². The summed E-state index contributed by atoms with van der Waals surface area (Å²) in [6.07, 6.45) is 5.32. The van der Waals surface area contributed by atoms with Gasteiger partial charge in [-0.05, 0) is 32.1 Å². The van der Waals surface area contributed by atoms with Gasteiger partial charge in [0.25, 0.3) is 0 Å². The van der Waals surface area contributed by atoms with Gasteiger partial charge in [-0.15, -0.1) is 0 Å². The average Bonchev–Trinajstić information content (AvgIpc) is 2.26. The molecule has 92 valence electrons. The van der Waals surface area contributed by atoms with Gasteiger partial charge in [-0.2, -0.15) is 0 Å². The van der Waals surface area contributed by atoms with Crippen molar-refractivity contribution in [3.63, 3.8) is 0 Å². The molecule has 1 N–H and O–H groups in total. The predicted molar refractivity (Wildman–Crippen MR) is 60.0 cm³/mol. The zero-order valence-corrected chi connectivity index (χ0v) is 9.73. The van der Waals surface area contributed by atoms with Crippen molar-refractivity contribution in [3.05, 3.63) is 0 Å². The van der Waals surface area contributed by atoms with E-state index in [0.717, 1.165) is 32.3 Å². The third-order valence-corrected chi connectivity index (χ3v) is 3.65. The Morgan fingerprint density at radius 1 is 1.31 bits per heavy atom. The van der Waals surface area contributed by atoms with Gasteiger partial charge in [-0.3, -0.25) is 4.79 Å². The summed E-state index contributed by atoms with van der Waals surface area (Å²) in [4.78, 5) is 14.1. The normalized spacial score (nSPS) is 26.2. The summed E-state index contributed by atoms with van der Waals surface area (Å²) in [5, 5.41) is 9.03. The Morgan fingerprint density at radius 2 is 2.12 bits per heavy atom. The van der Waals surface area contributed by atoms with Crippen molar-refractivity contribution < 1.29 is 14.6 Å². The number of hydrogen-bond acceptors (Lipinski definition) is 3. The topological polar surface area (TPSA) is 49.8 Å². The minimum absolute atomic E-state index is 0.0286. The van der Waals surface area contributed by atoms with Gasteiger partial charge in [0.15, 0.2) is 0 Å². The molecule has 0 radical (unpaired) electrons. The largest absolute Gasteiger partial charge is 0.395 e. The molecule has 4 heteroatoms. The minimum Gasteiger partial charge on any atom is -0.395 e. The van der Waals surface area contributed by atoms with Gasteiger partial charge in [0, 0.05) is 19.2 Å². The van der Waals surface area contributed by atoms with Crippen LogP contribution in [-0.2, 0) is 9.53 Å². The Kier molecular flexibility index (Phi) is 4.18. The number of carbonyl (C=O) groups is 1. The van der Waals surface area contributed by atoms with Crippen molar-refractivity contribution in [2.75, 3.05) is 26.4 Å². The van der Waals surface area contributed by atoms with Crippen molar-refractivity contribution in [2.45, 2.75) is 38.1 Å². The first kappa shape index (κ1) is 11.9. The molecular formula is C12H21NO3. The number of aliphatic hydroxyl groups is 1. The van der Waals surface area contributed by atoms with Gasteiger partial charge in [-0.25, -0.2) is 0 Å². The van der Waals surface area contributed by atoms with Gasteiger partial charge in [0.2, 0.25) is 5.91 Å². The van der Waals surface area contributed by atoms with E-state index >= 15 is 0 Å². The van der Waals surface area contributed by atoms with Crippen LogP contribution in [0.25, 0.3) is 0 Å². The predicted octanol–water partition coefficient (Wildman–Crippen LogP) is 0.786. The first-order valence-electron chi connectivity index (χ1n) is 6.32. The molecule has 0 aromatic heterocycles. The molecule has 1 heterocycles. The lowest BCUT2D eigenvalue weighted by Crippen LogP contribution is -2.49. The smallest absolute Gasteiger partial charge is 0.228 e. The highest BCUT2D eigenvalue weighted by Crippen LogP contribution is 2.27. The molecule has 1 atom stereocenters. The summed E-state index contributed by atoms with van der Waals surface area (Å²) in [6, 6.07) is 0.376. The second kappa shape index (κ2) is 5.64. The Hall–Kier alpha value is -0.610. The fourth-order valence-corrected chi connectivity index (χ4v) is 2.45. The average molecular weight is 227 g/mol. The van der Waals surface area contributed by atoms with Gasteiger partial charge in [-0.1, -0.05) is 0 Å². The third kappa shape index (κ3) is 2.55. The zero-order valence-electron chi connectivity index (χ0n) is 9.73. The number of aliphatic hydroxyl groups excluding tert-OH is 1. The van der Waals surface area contributed by atoms with Crippen molar-refractivity contribution in [2.24, 2.45) is 5.92 Å². The molecule has 1 unspecified atom stereocenters. The van der Waals surface area contributed by atoms with Crippen LogP contribution in [0.1, 0.15) is 32.1 Å². The summed E-state index contributed by atoms with van der Waals surface area (Å²) in [5.41, 5.74) is 0. The maximum Gasteiger partial charge on any atom is 0.228 e. The van der Waals surface area contributed by atoms with Crippen molar-refractivity contribution >= 4 is 5.91 Å². The maximum atomic E-state index is 12.3. The van der Waals surface area contributed by atoms with E-state index < -0.39 is 0 Å². The summed E-state index contributed by atoms with van der Waals surface area (Å²) >= 11 is 0. The van der Waals surface area contributed by atoms with Crippen LogP contribution in [0.3, 0.4) is 0 Å². The molecule has 0 spiro atoms. The van der Waals surface area contributed by atoms with Crippen molar-refractivity contribution in [1.82, 2.24) is 4.90 Å². The lowest BCUT2D eigenvalue weighted by molar-refractivity contribution is -0.144. The molecule has 1 amide bonds. The molecule has 2 rings (SSSR count). The molecule has 1 saturated carbocycles. The standard InChI is InChI=1S/C12H21NO3/c14-7-6-13(11-4-1-5-11)12(15)10-3-2-8-16-9-10/h10-11,14H,1-9H2. The molecule has 4 nitrogen and oxygen atoms in total. The molecule has 2 aliphatic rings. The van der Waals surface area contributed by atoms with E-state index in [4.69, 9.17) is 9.84 Å². The fourth-order valence-electron chi connectivity index (χ4n) is 2.45. The highest BCUT2D eigenvalue weighted by Gasteiger charge is 2.33. The SMILES string of the molecule is O=C(C1CCCOC1)N(CCO)C1CCC1. The number of ether oxygens (including phenoxy) is 1. The zero-order chi connectivity index (χ0) is 11.4. The quantitative estimate of drug-likeness (QED) is 0.772. The summed E-state index contributed by atoms with van der Waals surface area (Å²) in [6.45, 7) is 1.90. The lowest BCUT2D eigenvalue weighted by Gasteiger charge is -2.39. The van der Waals surface area contributed by atoms with Gasteiger partial charge in [0.05, 0.1) is 19.1 Å². The molecular weight excluding hydrogens is 206 g/mol. The molecule has 0 bridgehead atoms. The second-order valence-corrected chi connectivity index (χ2v) is 4.75. The van der Waals surface area contributed by atoms with E-state index in [-0.39, 0.29) is 18.4 Å². The van der Waals surface area contributed by atoms with Crippen LogP contribution in [0.5, 0.6) is 0 Å². The van der Waals surface area contributed by atoms with Gasteiger partial charge >= 0.3 is 0 Å². The van der Waals surface area contributed by atoms with Crippen molar-refractivity contribution in [3.8, 4) is 0 Å². The van der Waals surface area contributed by atoms with E-state index in [0.29, 0.717) is 19.2 Å². The molecule has 0 aromatic rings. The molecule has 2 fully saturated rings. The number of hydrogen-bond donors (Lipinski definition) is 1. The lowest BCUT2D eigenvalue weighted by atomic mass is 9.89. The van der Waals surface area contributed by atoms with Crippen LogP contribution in [0.15, 0.2) is 0 Å². The van der Waals surface area contributed by atoms with Crippen LogP contribution in [-0.4, -0.2) is 48.3 Å². The van der Waals surface area contributed by atoms with Crippen LogP contribution in [0, 0.1) is 5.92 Å². The van der Waals surface area contributed by atoms with Crippen LogP contribution in [0.2, 0.25) is 0 Å². The fraction of sp³-hybridized carbons (Fsp3) is 0.917. The van der Waals surface area contributed by atoms with E-state index in [9.17, 15) is 4.79 Å². The third-order valence-electron chi connectivity index (χ3n) is 3.65. The number of carbonyl (C=O) groups excluding carboxylic acids is 1. The number of nitrogens with zero attached hydrogens (tertiary/aromatic N) is 1. The monoisotopic (exact) mass is 227 g/mol. The molecule has 0 aromatic carbocycles. The summed E-state index contributed by atoms with van der Waals surface area (Å²) < 4.78 is 5.35.